The molecule has 0 spiro atoms. The molecule has 3 nitrogen and oxygen atoms in total. The first-order valence-corrected chi connectivity index (χ1v) is 8.52. The number of piperidine rings is 1. The summed E-state index contributed by atoms with van der Waals surface area (Å²) >= 11 is 0. The summed E-state index contributed by atoms with van der Waals surface area (Å²) in [6.07, 6.45) is -3.04. The number of hydrogen-bond acceptors (Lipinski definition) is 2. The van der Waals surface area contributed by atoms with Crippen LogP contribution in [0, 0.1) is 0 Å². The Kier molecular flexibility index (Phi) is 5.61. The summed E-state index contributed by atoms with van der Waals surface area (Å²) in [7, 11) is 0. The number of alkyl halides is 3. The van der Waals surface area contributed by atoms with E-state index in [4.69, 9.17) is 4.74 Å². The van der Waals surface area contributed by atoms with Gasteiger partial charge in [-0.05, 0) is 36.1 Å². The summed E-state index contributed by atoms with van der Waals surface area (Å²) in [6.45, 7) is 0.899. The van der Waals surface area contributed by atoms with E-state index < -0.39 is 17.7 Å². The lowest BCUT2D eigenvalue weighted by Crippen LogP contribution is -2.45. The third kappa shape index (κ3) is 4.64. The summed E-state index contributed by atoms with van der Waals surface area (Å²) < 4.78 is 43.6. The van der Waals surface area contributed by atoms with Crippen LogP contribution >= 0.6 is 0 Å². The molecule has 1 fully saturated rings. The Morgan fingerprint density at radius 2 is 1.69 bits per heavy atom. The van der Waals surface area contributed by atoms with Gasteiger partial charge in [0.05, 0.1) is 30.7 Å². The lowest BCUT2D eigenvalue weighted by Gasteiger charge is -2.29. The fourth-order valence-electron chi connectivity index (χ4n) is 3.11. The molecule has 3 rings (SSSR count). The number of benzene rings is 2. The molecular weight excluding hydrogens is 343 g/mol. The molecule has 0 radical (unpaired) electrons. The molecule has 0 bridgehead atoms. The highest BCUT2D eigenvalue weighted by molar-refractivity contribution is 5.84. The lowest BCUT2D eigenvalue weighted by molar-refractivity contribution is -0.137. The molecular formula is C20H20F3NO2. The predicted octanol–water partition coefficient (Wildman–Crippen LogP) is 4.28. The van der Waals surface area contributed by atoms with Gasteiger partial charge in [-0.2, -0.15) is 13.2 Å². The molecule has 1 saturated heterocycles. The maximum atomic E-state index is 12.6. The summed E-state index contributed by atoms with van der Waals surface area (Å²) in [5.41, 5.74) is 0.973. The zero-order valence-electron chi connectivity index (χ0n) is 14.1. The van der Waals surface area contributed by atoms with Crippen LogP contribution in [-0.4, -0.2) is 18.6 Å². The molecule has 0 aromatic heterocycles. The van der Waals surface area contributed by atoms with Gasteiger partial charge >= 0.3 is 6.18 Å². The van der Waals surface area contributed by atoms with Gasteiger partial charge in [0.1, 0.15) is 0 Å². The molecule has 6 heteroatoms. The number of carbonyl (C=O) groups is 1. The van der Waals surface area contributed by atoms with Gasteiger partial charge in [0, 0.05) is 0 Å². The summed E-state index contributed by atoms with van der Waals surface area (Å²) in [5.74, 6) is -0.577. The summed E-state index contributed by atoms with van der Waals surface area (Å²) in [6, 6.07) is 14.5. The van der Waals surface area contributed by atoms with Gasteiger partial charge in [0.15, 0.2) is 0 Å². The number of hydrogen-bond donors (Lipinski definition) is 1. The second-order valence-electron chi connectivity index (χ2n) is 6.46. The zero-order valence-corrected chi connectivity index (χ0v) is 14.1. The van der Waals surface area contributed by atoms with E-state index in [9.17, 15) is 18.0 Å². The van der Waals surface area contributed by atoms with Crippen molar-refractivity contribution in [3.8, 4) is 0 Å². The molecule has 1 aliphatic rings. The smallest absolute Gasteiger partial charge is 0.375 e. The molecule has 2 aromatic carbocycles. The molecule has 1 heterocycles. The number of amides is 1. The van der Waals surface area contributed by atoms with E-state index in [1.54, 1.807) is 0 Å². The average molecular weight is 363 g/mol. The topological polar surface area (TPSA) is 38.3 Å². The average Bonchev–Trinajstić information content (AvgIpc) is 2.62. The van der Waals surface area contributed by atoms with E-state index in [2.05, 4.69) is 5.32 Å². The van der Waals surface area contributed by atoms with Crippen LogP contribution in [0.5, 0.6) is 0 Å². The van der Waals surface area contributed by atoms with Crippen LogP contribution in [0.4, 0.5) is 13.2 Å². The second-order valence-corrected chi connectivity index (χ2v) is 6.46. The minimum absolute atomic E-state index is 0.0723. The van der Waals surface area contributed by atoms with Crippen LogP contribution < -0.4 is 5.32 Å². The first-order valence-electron chi connectivity index (χ1n) is 8.52. The molecule has 1 N–H and O–H groups in total. The maximum Gasteiger partial charge on any atom is 0.416 e. The largest absolute Gasteiger partial charge is 0.416 e. The van der Waals surface area contributed by atoms with Gasteiger partial charge < -0.3 is 10.1 Å². The predicted molar refractivity (Wildman–Crippen MR) is 91.4 cm³/mol. The molecule has 2 atom stereocenters. The number of carbonyl (C=O) groups excluding carboxylic acids is 1. The fourth-order valence-corrected chi connectivity index (χ4v) is 3.11. The third-order valence-corrected chi connectivity index (χ3v) is 4.54. The highest BCUT2D eigenvalue weighted by Crippen LogP contribution is 2.32. The standard InChI is InChI=1S/C20H20F3NO2/c21-20(22,23)16-8-6-15(7-9-16)18-11-10-17(24-19(18)25)13-26-12-14-4-2-1-3-5-14/h1-9,17-18H,10-13H2,(H,24,25)/t17-,18?/m0/s1. The van der Waals surface area contributed by atoms with E-state index in [1.165, 1.54) is 12.1 Å². The van der Waals surface area contributed by atoms with Crippen LogP contribution in [0.2, 0.25) is 0 Å². The normalized spacial score (nSPS) is 20.7. The van der Waals surface area contributed by atoms with Crippen molar-refractivity contribution in [1.82, 2.24) is 5.32 Å². The Labute approximate surface area is 150 Å². The van der Waals surface area contributed by atoms with Gasteiger partial charge in [-0.15, -0.1) is 0 Å². The SMILES string of the molecule is O=C1N[C@H](COCc2ccccc2)CCC1c1ccc(C(F)(F)F)cc1. The van der Waals surface area contributed by atoms with Crippen LogP contribution in [0.3, 0.4) is 0 Å². The van der Waals surface area contributed by atoms with Crippen LogP contribution in [0.15, 0.2) is 54.6 Å². The van der Waals surface area contributed by atoms with Crippen molar-refractivity contribution in [3.63, 3.8) is 0 Å². The summed E-state index contributed by atoms with van der Waals surface area (Å²) in [5, 5.41) is 2.91. The van der Waals surface area contributed by atoms with Crippen LogP contribution in [0.1, 0.15) is 35.4 Å². The minimum Gasteiger partial charge on any atom is -0.375 e. The van der Waals surface area contributed by atoms with Gasteiger partial charge in [-0.25, -0.2) is 0 Å². The highest BCUT2D eigenvalue weighted by atomic mass is 19.4. The van der Waals surface area contributed by atoms with Crippen molar-refractivity contribution in [2.75, 3.05) is 6.61 Å². The first kappa shape index (κ1) is 18.5. The molecule has 2 aromatic rings. The van der Waals surface area contributed by atoms with E-state index in [0.717, 1.165) is 24.1 Å². The van der Waals surface area contributed by atoms with Gasteiger partial charge in [0.2, 0.25) is 5.91 Å². The van der Waals surface area contributed by atoms with Crippen molar-refractivity contribution in [2.24, 2.45) is 0 Å². The monoisotopic (exact) mass is 363 g/mol. The van der Waals surface area contributed by atoms with Gasteiger partial charge in [-0.3, -0.25) is 4.79 Å². The molecule has 26 heavy (non-hydrogen) atoms. The van der Waals surface area contributed by atoms with E-state index in [-0.39, 0.29) is 11.9 Å². The Morgan fingerprint density at radius 3 is 2.31 bits per heavy atom. The van der Waals surface area contributed by atoms with Crippen molar-refractivity contribution < 1.29 is 22.7 Å². The number of ether oxygens (including phenoxy) is 1. The van der Waals surface area contributed by atoms with E-state index in [1.807, 2.05) is 30.3 Å². The van der Waals surface area contributed by atoms with Crippen molar-refractivity contribution in [3.05, 3.63) is 71.3 Å². The molecule has 0 aliphatic carbocycles. The zero-order chi connectivity index (χ0) is 18.6. The fraction of sp³-hybridized carbons (Fsp3) is 0.350. The van der Waals surface area contributed by atoms with Crippen molar-refractivity contribution >= 4 is 5.91 Å². The Morgan fingerprint density at radius 1 is 1.00 bits per heavy atom. The molecule has 138 valence electrons. The van der Waals surface area contributed by atoms with Crippen LogP contribution in [0.25, 0.3) is 0 Å². The van der Waals surface area contributed by atoms with Crippen LogP contribution in [-0.2, 0) is 22.3 Å². The van der Waals surface area contributed by atoms with Gasteiger partial charge in [0.25, 0.3) is 0 Å². The third-order valence-electron chi connectivity index (χ3n) is 4.54. The lowest BCUT2D eigenvalue weighted by atomic mass is 9.87. The Hall–Kier alpha value is -2.34. The summed E-state index contributed by atoms with van der Waals surface area (Å²) in [4.78, 5) is 12.3. The number of rotatable bonds is 5. The quantitative estimate of drug-likeness (QED) is 0.861. The van der Waals surface area contributed by atoms with Crippen molar-refractivity contribution in [2.45, 2.75) is 37.6 Å². The highest BCUT2D eigenvalue weighted by Gasteiger charge is 2.32. The van der Waals surface area contributed by atoms with E-state index >= 15 is 0 Å². The van der Waals surface area contributed by atoms with E-state index in [0.29, 0.717) is 25.2 Å². The molecule has 1 unspecified atom stereocenters. The Bertz CT molecular complexity index is 729. The molecule has 0 saturated carbocycles. The number of nitrogens with one attached hydrogen (secondary N) is 1. The Balaban J connectivity index is 1.51. The second kappa shape index (κ2) is 7.91. The first-order chi connectivity index (χ1) is 12.4. The van der Waals surface area contributed by atoms with Crippen molar-refractivity contribution in [1.29, 1.82) is 0 Å². The van der Waals surface area contributed by atoms with Gasteiger partial charge in [-0.1, -0.05) is 42.5 Å². The minimum atomic E-state index is -4.37. The number of halogens is 3. The maximum absolute atomic E-state index is 12.6. The molecule has 1 amide bonds. The molecule has 1 aliphatic heterocycles.